The third-order valence-corrected chi connectivity index (χ3v) is 3.12. The van der Waals surface area contributed by atoms with Crippen molar-refractivity contribution in [2.45, 2.75) is 51.6 Å². The summed E-state index contributed by atoms with van der Waals surface area (Å²) in [7, 11) is 0. The monoisotopic (exact) mass is 253 g/mol. The van der Waals surface area contributed by atoms with Gasteiger partial charge in [-0.2, -0.15) is 0 Å². The smallest absolute Gasteiger partial charge is 0.373 e. The number of nitrogens with zero attached hydrogens (tertiary/aromatic N) is 1. The molecule has 1 fully saturated rings. The minimum Gasteiger partial charge on any atom is -0.475 e. The number of ether oxygens (including phenoxy) is 1. The Morgan fingerprint density at radius 3 is 2.78 bits per heavy atom. The van der Waals surface area contributed by atoms with E-state index in [1.54, 1.807) is 0 Å². The summed E-state index contributed by atoms with van der Waals surface area (Å²) in [5.41, 5.74) is 0.522. The van der Waals surface area contributed by atoms with E-state index in [9.17, 15) is 4.79 Å². The Bertz CT molecular complexity index is 419. The van der Waals surface area contributed by atoms with E-state index in [0.29, 0.717) is 18.0 Å². The van der Waals surface area contributed by atoms with Gasteiger partial charge < -0.3 is 14.3 Å². The summed E-state index contributed by atoms with van der Waals surface area (Å²) < 4.78 is 11.0. The van der Waals surface area contributed by atoms with E-state index in [0.717, 1.165) is 25.9 Å². The zero-order chi connectivity index (χ0) is 13.1. The molecule has 0 saturated carbocycles. The predicted molar refractivity (Wildman–Crippen MR) is 64.8 cm³/mol. The van der Waals surface area contributed by atoms with Crippen LogP contribution in [0, 0.1) is 0 Å². The van der Waals surface area contributed by atoms with Gasteiger partial charge in [0.05, 0.1) is 18.2 Å². The van der Waals surface area contributed by atoms with Crippen molar-refractivity contribution < 1.29 is 19.1 Å². The third-order valence-electron chi connectivity index (χ3n) is 3.12. The quantitative estimate of drug-likeness (QED) is 0.892. The Morgan fingerprint density at radius 1 is 1.50 bits per heavy atom. The molecule has 1 aliphatic heterocycles. The molecule has 1 aromatic heterocycles. The van der Waals surface area contributed by atoms with E-state index in [1.165, 1.54) is 0 Å². The maximum Gasteiger partial charge on any atom is 0.373 e. The van der Waals surface area contributed by atoms with Gasteiger partial charge in [0.25, 0.3) is 0 Å². The van der Waals surface area contributed by atoms with Gasteiger partial charge in [-0.25, -0.2) is 9.78 Å². The van der Waals surface area contributed by atoms with E-state index in [2.05, 4.69) is 4.98 Å². The first-order valence-corrected chi connectivity index (χ1v) is 6.42. The lowest BCUT2D eigenvalue weighted by Crippen LogP contribution is -2.21. The van der Waals surface area contributed by atoms with E-state index in [1.807, 2.05) is 13.8 Å². The lowest BCUT2D eigenvalue weighted by molar-refractivity contribution is 0.0129. The highest BCUT2D eigenvalue weighted by atomic mass is 16.5. The molecular formula is C13H19NO4. The van der Waals surface area contributed by atoms with Crippen LogP contribution in [-0.4, -0.2) is 28.8 Å². The molecule has 1 N–H and O–H groups in total. The topological polar surface area (TPSA) is 72.6 Å². The van der Waals surface area contributed by atoms with Gasteiger partial charge in [-0.15, -0.1) is 0 Å². The fourth-order valence-corrected chi connectivity index (χ4v) is 2.17. The fraction of sp³-hybridized carbons (Fsp3) is 0.692. The largest absolute Gasteiger partial charge is 0.475 e. The van der Waals surface area contributed by atoms with Crippen LogP contribution in [-0.2, 0) is 11.2 Å². The highest BCUT2D eigenvalue weighted by Crippen LogP contribution is 2.23. The van der Waals surface area contributed by atoms with Gasteiger partial charge >= 0.3 is 5.97 Å². The van der Waals surface area contributed by atoms with Gasteiger partial charge in [0.2, 0.25) is 5.76 Å². The molecule has 1 saturated heterocycles. The number of carbonyl (C=O) groups is 1. The van der Waals surface area contributed by atoms with E-state index in [4.69, 9.17) is 14.3 Å². The van der Waals surface area contributed by atoms with Crippen molar-refractivity contribution in [3.8, 4) is 0 Å². The van der Waals surface area contributed by atoms with Crippen molar-refractivity contribution in [3.05, 3.63) is 17.3 Å². The fourth-order valence-electron chi connectivity index (χ4n) is 2.17. The van der Waals surface area contributed by atoms with Crippen LogP contribution in [0.3, 0.4) is 0 Å². The summed E-state index contributed by atoms with van der Waals surface area (Å²) in [5, 5.41) is 9.07. The summed E-state index contributed by atoms with van der Waals surface area (Å²) in [5.74, 6) is -0.568. The molecule has 2 heterocycles. The first-order valence-electron chi connectivity index (χ1n) is 6.42. The van der Waals surface area contributed by atoms with Gasteiger partial charge in [0.1, 0.15) is 0 Å². The molecule has 0 bridgehead atoms. The number of rotatable bonds is 4. The molecule has 5 heteroatoms. The molecule has 0 aromatic carbocycles. The van der Waals surface area contributed by atoms with Crippen molar-refractivity contribution in [2.75, 3.05) is 6.61 Å². The highest BCUT2D eigenvalue weighted by molar-refractivity contribution is 5.85. The second kappa shape index (κ2) is 5.52. The third kappa shape index (κ3) is 2.90. The SMILES string of the molecule is CC(C)c1nc(CC2CCCCO2)oc1C(=O)O. The molecule has 5 nitrogen and oxygen atoms in total. The molecule has 0 spiro atoms. The normalized spacial score (nSPS) is 20.3. The number of hydrogen-bond donors (Lipinski definition) is 1. The minimum absolute atomic E-state index is 0.0317. The molecule has 2 rings (SSSR count). The molecule has 1 aromatic rings. The van der Waals surface area contributed by atoms with Crippen molar-refractivity contribution in [1.29, 1.82) is 0 Å². The number of carboxylic acids is 1. The van der Waals surface area contributed by atoms with Crippen LogP contribution in [0.1, 0.15) is 61.2 Å². The summed E-state index contributed by atoms with van der Waals surface area (Å²) in [6.07, 6.45) is 3.90. The van der Waals surface area contributed by atoms with Crippen molar-refractivity contribution in [2.24, 2.45) is 0 Å². The lowest BCUT2D eigenvalue weighted by atomic mass is 10.1. The van der Waals surface area contributed by atoms with Crippen molar-refractivity contribution >= 4 is 5.97 Å². The first kappa shape index (κ1) is 13.1. The second-order valence-electron chi connectivity index (χ2n) is 4.97. The number of aromatic carboxylic acids is 1. The summed E-state index contributed by atoms with van der Waals surface area (Å²) in [6.45, 7) is 4.59. The van der Waals surface area contributed by atoms with Crippen molar-refractivity contribution in [3.63, 3.8) is 0 Å². The van der Waals surface area contributed by atoms with Crippen LogP contribution < -0.4 is 0 Å². The Morgan fingerprint density at radius 2 is 2.28 bits per heavy atom. The van der Waals surface area contributed by atoms with Gasteiger partial charge in [-0.3, -0.25) is 0 Å². The van der Waals surface area contributed by atoms with Gasteiger partial charge in [0, 0.05) is 6.61 Å². The van der Waals surface area contributed by atoms with Crippen LogP contribution in [0.25, 0.3) is 0 Å². The van der Waals surface area contributed by atoms with E-state index < -0.39 is 5.97 Å². The summed E-state index contributed by atoms with van der Waals surface area (Å²) >= 11 is 0. The van der Waals surface area contributed by atoms with Gasteiger partial charge in [-0.1, -0.05) is 13.8 Å². The molecule has 100 valence electrons. The molecule has 18 heavy (non-hydrogen) atoms. The van der Waals surface area contributed by atoms with Gasteiger partial charge in [-0.05, 0) is 25.2 Å². The van der Waals surface area contributed by atoms with Crippen LogP contribution in [0.2, 0.25) is 0 Å². The average molecular weight is 253 g/mol. The molecule has 1 aliphatic rings. The maximum absolute atomic E-state index is 11.1. The second-order valence-corrected chi connectivity index (χ2v) is 4.97. The Kier molecular flexibility index (Phi) is 4.01. The first-order chi connectivity index (χ1) is 8.58. The Labute approximate surface area is 106 Å². The van der Waals surface area contributed by atoms with Crippen molar-refractivity contribution in [1.82, 2.24) is 4.98 Å². The summed E-state index contributed by atoms with van der Waals surface area (Å²) in [6, 6.07) is 0. The number of oxazole rings is 1. The van der Waals surface area contributed by atoms with E-state index in [-0.39, 0.29) is 17.8 Å². The summed E-state index contributed by atoms with van der Waals surface area (Å²) in [4.78, 5) is 15.4. The number of hydrogen-bond acceptors (Lipinski definition) is 4. The van der Waals surface area contributed by atoms with Gasteiger partial charge in [0.15, 0.2) is 5.89 Å². The van der Waals surface area contributed by atoms with Crippen LogP contribution in [0.5, 0.6) is 0 Å². The Hall–Kier alpha value is -1.36. The van der Waals surface area contributed by atoms with Crippen LogP contribution >= 0.6 is 0 Å². The number of carboxylic acid groups (broad SMARTS) is 1. The van der Waals surface area contributed by atoms with Crippen LogP contribution in [0.15, 0.2) is 4.42 Å². The zero-order valence-electron chi connectivity index (χ0n) is 10.8. The molecule has 0 amide bonds. The number of aromatic nitrogens is 1. The Balaban J connectivity index is 2.13. The predicted octanol–water partition coefficient (Wildman–Crippen LogP) is 2.61. The molecule has 1 atom stereocenters. The molecular weight excluding hydrogens is 234 g/mol. The minimum atomic E-state index is -1.05. The average Bonchev–Trinajstić information content (AvgIpc) is 2.74. The lowest BCUT2D eigenvalue weighted by Gasteiger charge is -2.20. The maximum atomic E-state index is 11.1. The molecule has 0 radical (unpaired) electrons. The van der Waals surface area contributed by atoms with Crippen LogP contribution in [0.4, 0.5) is 0 Å². The highest BCUT2D eigenvalue weighted by Gasteiger charge is 2.24. The zero-order valence-corrected chi connectivity index (χ0v) is 10.8. The van der Waals surface area contributed by atoms with E-state index >= 15 is 0 Å². The standard InChI is InChI=1S/C13H19NO4/c1-8(2)11-12(13(15)16)18-10(14-11)7-9-5-3-4-6-17-9/h8-9H,3-7H2,1-2H3,(H,15,16). The molecule has 0 aliphatic carbocycles. The molecule has 1 unspecified atom stereocenters.